The first kappa shape index (κ1) is 9.85. The topological polar surface area (TPSA) is 89.4 Å². The lowest BCUT2D eigenvalue weighted by Crippen LogP contribution is -1.95. The van der Waals surface area contributed by atoms with E-state index in [0.717, 1.165) is 17.4 Å². The molecule has 0 fully saturated rings. The largest absolute Gasteiger partial charge is 0.507 e. The van der Waals surface area contributed by atoms with Crippen LogP contribution in [0.5, 0.6) is 5.75 Å². The molecule has 6 heteroatoms. The molecule has 0 radical (unpaired) electrons. The summed E-state index contributed by atoms with van der Waals surface area (Å²) in [5, 5.41) is 20.0. The minimum Gasteiger partial charge on any atom is -0.507 e. The number of phenols is 1. The van der Waals surface area contributed by atoms with Gasteiger partial charge in [-0.3, -0.25) is 10.1 Å². The number of nitro groups is 1. The molecule has 2 rings (SSSR count). The van der Waals surface area contributed by atoms with Gasteiger partial charge >= 0.3 is 0 Å². The van der Waals surface area contributed by atoms with E-state index in [1.807, 2.05) is 6.08 Å². The minimum atomic E-state index is -0.611. The Balaban J connectivity index is 2.37. The van der Waals surface area contributed by atoms with Crippen LogP contribution >= 0.6 is 11.8 Å². The highest BCUT2D eigenvalue weighted by molar-refractivity contribution is 8.03. The molecule has 1 aliphatic carbocycles. The summed E-state index contributed by atoms with van der Waals surface area (Å²) in [6.07, 6.45) is 2.92. The molecule has 0 aromatic heterocycles. The Bertz CT molecular complexity index is 471. The molecule has 1 aliphatic rings. The summed E-state index contributed by atoms with van der Waals surface area (Å²) in [6, 6.07) is 2.51. The van der Waals surface area contributed by atoms with Crippen molar-refractivity contribution in [3.8, 4) is 5.75 Å². The number of aromatic hydroxyl groups is 1. The number of allylic oxidation sites excluding steroid dienone is 2. The second-order valence-electron chi connectivity index (χ2n) is 3.11. The van der Waals surface area contributed by atoms with E-state index in [9.17, 15) is 15.2 Å². The molecule has 3 N–H and O–H groups in total. The molecule has 0 saturated heterocycles. The zero-order valence-electron chi connectivity index (χ0n) is 7.64. The van der Waals surface area contributed by atoms with Gasteiger partial charge in [0.2, 0.25) is 0 Å². The summed E-state index contributed by atoms with van der Waals surface area (Å²) in [7, 11) is 0. The Kier molecular flexibility index (Phi) is 2.28. The van der Waals surface area contributed by atoms with Crippen molar-refractivity contribution >= 4 is 23.1 Å². The van der Waals surface area contributed by atoms with Gasteiger partial charge in [-0.1, -0.05) is 17.8 Å². The second-order valence-corrected chi connectivity index (χ2v) is 4.28. The van der Waals surface area contributed by atoms with Crippen LogP contribution in [0.3, 0.4) is 0 Å². The number of nitrogen functional groups attached to an aromatic ring is 1. The molecule has 15 heavy (non-hydrogen) atoms. The lowest BCUT2D eigenvalue weighted by molar-refractivity contribution is -0.384. The lowest BCUT2D eigenvalue weighted by atomic mass is 10.2. The van der Waals surface area contributed by atoms with Crippen molar-refractivity contribution in [1.82, 2.24) is 0 Å². The molecule has 0 bridgehead atoms. The Morgan fingerprint density at radius 2 is 2.20 bits per heavy atom. The predicted octanol–water partition coefficient (Wildman–Crippen LogP) is 2.26. The maximum absolute atomic E-state index is 10.5. The van der Waals surface area contributed by atoms with E-state index in [1.165, 1.54) is 17.8 Å². The molecular weight excluding hydrogens is 216 g/mol. The standard InChI is InChI=1S/C9H8N2O3S/c10-6-3-9(15-5-1-2-5)8(12)4-7(6)11(13)14/h1,3-4,12H,2,10H2. The first-order valence-corrected chi connectivity index (χ1v) is 5.03. The first-order chi connectivity index (χ1) is 7.08. The third-order valence-electron chi connectivity index (χ3n) is 1.92. The predicted molar refractivity (Wildman–Crippen MR) is 57.7 cm³/mol. The average Bonchev–Trinajstić information content (AvgIpc) is 2.94. The number of rotatable bonds is 3. The Morgan fingerprint density at radius 3 is 2.73 bits per heavy atom. The fraction of sp³-hybridized carbons (Fsp3) is 0.111. The number of hydrogen-bond acceptors (Lipinski definition) is 5. The number of nitrogens with zero attached hydrogens (tertiary/aromatic N) is 1. The highest BCUT2D eigenvalue weighted by Crippen LogP contribution is 2.44. The van der Waals surface area contributed by atoms with Gasteiger partial charge in [0.05, 0.1) is 15.9 Å². The van der Waals surface area contributed by atoms with Crippen LogP contribution < -0.4 is 5.73 Å². The Hall–Kier alpha value is -1.69. The summed E-state index contributed by atoms with van der Waals surface area (Å²) in [4.78, 5) is 11.6. The van der Waals surface area contributed by atoms with Crippen molar-refractivity contribution < 1.29 is 10.0 Å². The molecular formula is C9H8N2O3S. The number of phenolic OH excluding ortho intramolecular Hbond substituents is 1. The summed E-state index contributed by atoms with van der Waals surface area (Å²) in [5.41, 5.74) is 5.31. The van der Waals surface area contributed by atoms with E-state index >= 15 is 0 Å². The third kappa shape index (κ3) is 2.04. The van der Waals surface area contributed by atoms with E-state index < -0.39 is 4.92 Å². The molecule has 0 amide bonds. The van der Waals surface area contributed by atoms with Crippen LogP contribution in [0, 0.1) is 10.1 Å². The molecule has 78 valence electrons. The van der Waals surface area contributed by atoms with Gasteiger partial charge in [0.25, 0.3) is 5.69 Å². The van der Waals surface area contributed by atoms with Gasteiger partial charge in [-0.2, -0.15) is 0 Å². The van der Waals surface area contributed by atoms with Gasteiger partial charge in [-0.15, -0.1) is 0 Å². The molecule has 0 unspecified atom stereocenters. The van der Waals surface area contributed by atoms with Crippen molar-refractivity contribution in [1.29, 1.82) is 0 Å². The Morgan fingerprint density at radius 1 is 1.53 bits per heavy atom. The van der Waals surface area contributed by atoms with Crippen LogP contribution in [0.2, 0.25) is 0 Å². The SMILES string of the molecule is Nc1cc(SC2=CC2)c(O)cc1[N+](=O)[O-]. The summed E-state index contributed by atoms with van der Waals surface area (Å²) in [5.74, 6) is -0.103. The van der Waals surface area contributed by atoms with Gasteiger partial charge < -0.3 is 10.8 Å². The molecule has 1 aromatic rings. The van der Waals surface area contributed by atoms with Gasteiger partial charge in [0, 0.05) is 0 Å². The minimum absolute atomic E-state index is 0.0709. The van der Waals surface area contributed by atoms with Crippen molar-refractivity contribution in [2.24, 2.45) is 0 Å². The molecule has 0 aliphatic heterocycles. The smallest absolute Gasteiger partial charge is 0.295 e. The van der Waals surface area contributed by atoms with Crippen LogP contribution in [-0.2, 0) is 0 Å². The van der Waals surface area contributed by atoms with E-state index in [4.69, 9.17) is 5.73 Å². The highest BCUT2D eigenvalue weighted by Gasteiger charge is 2.18. The highest BCUT2D eigenvalue weighted by atomic mass is 32.2. The fourth-order valence-corrected chi connectivity index (χ4v) is 1.96. The van der Waals surface area contributed by atoms with Gasteiger partial charge in [0.1, 0.15) is 11.4 Å². The molecule has 0 heterocycles. The monoisotopic (exact) mass is 224 g/mol. The summed E-state index contributed by atoms with van der Waals surface area (Å²) < 4.78 is 0. The number of nitrogens with two attached hydrogens (primary N) is 1. The van der Waals surface area contributed by atoms with Crippen LogP contribution in [0.25, 0.3) is 0 Å². The number of thioether (sulfide) groups is 1. The van der Waals surface area contributed by atoms with E-state index in [-0.39, 0.29) is 17.1 Å². The molecule has 5 nitrogen and oxygen atoms in total. The van der Waals surface area contributed by atoms with Crippen LogP contribution in [0.15, 0.2) is 28.0 Å². The molecule has 0 spiro atoms. The average molecular weight is 224 g/mol. The van der Waals surface area contributed by atoms with Gasteiger partial charge in [-0.25, -0.2) is 0 Å². The number of nitro benzene ring substituents is 1. The summed E-state index contributed by atoms with van der Waals surface area (Å²) >= 11 is 1.38. The van der Waals surface area contributed by atoms with Gasteiger partial charge in [-0.05, 0) is 17.4 Å². The zero-order chi connectivity index (χ0) is 11.0. The maximum Gasteiger partial charge on any atom is 0.295 e. The molecule has 0 atom stereocenters. The van der Waals surface area contributed by atoms with Crippen LogP contribution in [0.1, 0.15) is 6.42 Å². The van der Waals surface area contributed by atoms with E-state index in [0.29, 0.717) is 4.90 Å². The lowest BCUT2D eigenvalue weighted by Gasteiger charge is -2.03. The van der Waals surface area contributed by atoms with E-state index in [1.54, 1.807) is 0 Å². The fourth-order valence-electron chi connectivity index (χ4n) is 1.08. The van der Waals surface area contributed by atoms with Crippen molar-refractivity contribution in [3.63, 3.8) is 0 Å². The zero-order valence-corrected chi connectivity index (χ0v) is 8.45. The first-order valence-electron chi connectivity index (χ1n) is 4.21. The Labute approximate surface area is 89.7 Å². The van der Waals surface area contributed by atoms with Crippen LogP contribution in [0.4, 0.5) is 11.4 Å². The quantitative estimate of drug-likeness (QED) is 0.356. The molecule has 0 saturated carbocycles. The van der Waals surface area contributed by atoms with E-state index in [2.05, 4.69) is 0 Å². The molecule has 1 aromatic carbocycles. The normalized spacial score (nSPS) is 13.5. The third-order valence-corrected chi connectivity index (χ3v) is 3.06. The van der Waals surface area contributed by atoms with Crippen LogP contribution in [-0.4, -0.2) is 10.0 Å². The van der Waals surface area contributed by atoms with Crippen molar-refractivity contribution in [3.05, 3.63) is 33.2 Å². The number of benzene rings is 1. The van der Waals surface area contributed by atoms with Crippen molar-refractivity contribution in [2.45, 2.75) is 11.3 Å². The van der Waals surface area contributed by atoms with Gasteiger partial charge in [0.15, 0.2) is 0 Å². The number of anilines is 1. The second kappa shape index (κ2) is 3.47. The summed E-state index contributed by atoms with van der Waals surface area (Å²) in [6.45, 7) is 0. The maximum atomic E-state index is 10.5. The van der Waals surface area contributed by atoms with Crippen molar-refractivity contribution in [2.75, 3.05) is 5.73 Å². The number of hydrogen-bond donors (Lipinski definition) is 2.